The second-order valence-electron chi connectivity index (χ2n) is 6.24. The summed E-state index contributed by atoms with van der Waals surface area (Å²) in [7, 11) is 1.91. The van der Waals surface area contributed by atoms with Crippen molar-refractivity contribution in [3.8, 4) is 0 Å². The van der Waals surface area contributed by atoms with Crippen molar-refractivity contribution >= 4 is 29.9 Å². The minimum absolute atomic E-state index is 0. The molecule has 5 heteroatoms. The number of halogens is 2. The number of hydrogen-bond acceptors (Lipinski definition) is 2. The first kappa shape index (κ1) is 19.3. The highest BCUT2D eigenvalue weighted by molar-refractivity contribution is 6.30. The SMILES string of the molecule is CC(C)[C@H](CN1CCCC1)N(C)C(=O)c1ccc(Cl)cc1.Cl. The molecule has 1 atom stereocenters. The van der Waals surface area contributed by atoms with Gasteiger partial charge in [0.15, 0.2) is 0 Å². The lowest BCUT2D eigenvalue weighted by molar-refractivity contribution is 0.0641. The molecule has 1 aliphatic heterocycles. The highest BCUT2D eigenvalue weighted by Gasteiger charge is 2.27. The predicted octanol–water partition coefficient (Wildman–Crippen LogP) is 3.95. The van der Waals surface area contributed by atoms with E-state index in [4.69, 9.17) is 11.6 Å². The molecule has 0 bridgehead atoms. The van der Waals surface area contributed by atoms with E-state index < -0.39 is 0 Å². The fraction of sp³-hybridized carbons (Fsp3) is 0.588. The van der Waals surface area contributed by atoms with Crippen LogP contribution in [0.25, 0.3) is 0 Å². The molecule has 0 saturated carbocycles. The van der Waals surface area contributed by atoms with E-state index in [2.05, 4.69) is 18.7 Å². The zero-order valence-corrected chi connectivity index (χ0v) is 15.2. The Morgan fingerprint density at radius 2 is 1.77 bits per heavy atom. The molecule has 0 aliphatic carbocycles. The standard InChI is InChI=1S/C17H25ClN2O.ClH/c1-13(2)16(12-20-10-4-5-11-20)19(3)17(21)14-6-8-15(18)9-7-14;/h6-9,13,16H,4-5,10-12H2,1-3H3;1H/t16-;/m0./s1. The van der Waals surface area contributed by atoms with Gasteiger partial charge in [-0.3, -0.25) is 4.79 Å². The molecule has 3 nitrogen and oxygen atoms in total. The van der Waals surface area contributed by atoms with Crippen LogP contribution in [0, 0.1) is 5.92 Å². The third-order valence-electron chi connectivity index (χ3n) is 4.32. The molecule has 0 radical (unpaired) electrons. The Hall–Kier alpha value is -0.770. The van der Waals surface area contributed by atoms with Gasteiger partial charge in [0.1, 0.15) is 0 Å². The average Bonchev–Trinajstić information content (AvgIpc) is 2.97. The molecule has 124 valence electrons. The summed E-state index contributed by atoms with van der Waals surface area (Å²) >= 11 is 5.89. The molecule has 1 aliphatic rings. The van der Waals surface area contributed by atoms with Gasteiger partial charge < -0.3 is 9.80 Å². The molecule has 1 aromatic carbocycles. The van der Waals surface area contributed by atoms with Crippen LogP contribution >= 0.6 is 24.0 Å². The maximum atomic E-state index is 12.6. The largest absolute Gasteiger partial charge is 0.337 e. The van der Waals surface area contributed by atoms with Crippen LogP contribution in [0.15, 0.2) is 24.3 Å². The first-order valence-electron chi connectivity index (χ1n) is 7.74. The van der Waals surface area contributed by atoms with Crippen molar-refractivity contribution in [1.29, 1.82) is 0 Å². The van der Waals surface area contributed by atoms with Crippen LogP contribution in [0.3, 0.4) is 0 Å². The Morgan fingerprint density at radius 1 is 1.23 bits per heavy atom. The summed E-state index contributed by atoms with van der Waals surface area (Å²) in [4.78, 5) is 17.0. The van der Waals surface area contributed by atoms with Crippen LogP contribution in [0.1, 0.15) is 37.0 Å². The third-order valence-corrected chi connectivity index (χ3v) is 4.57. The summed E-state index contributed by atoms with van der Waals surface area (Å²) in [6.07, 6.45) is 2.55. The Labute approximate surface area is 145 Å². The monoisotopic (exact) mass is 344 g/mol. The Morgan fingerprint density at radius 3 is 2.27 bits per heavy atom. The normalized spacial score (nSPS) is 16.4. The first-order valence-corrected chi connectivity index (χ1v) is 8.12. The Kier molecular flexibility index (Phi) is 7.67. The summed E-state index contributed by atoms with van der Waals surface area (Å²) in [6.45, 7) is 7.66. The number of likely N-dealkylation sites (N-methyl/N-ethyl adjacent to an activating group) is 1. The molecule has 0 spiro atoms. The maximum Gasteiger partial charge on any atom is 0.253 e. The van der Waals surface area contributed by atoms with E-state index in [1.165, 1.54) is 12.8 Å². The molecule has 0 N–H and O–H groups in total. The quantitative estimate of drug-likeness (QED) is 0.807. The Bertz CT molecular complexity index is 470. The fourth-order valence-electron chi connectivity index (χ4n) is 2.96. The molecular formula is C17H26Cl2N2O. The number of likely N-dealkylation sites (tertiary alicyclic amines) is 1. The van der Waals surface area contributed by atoms with Crippen LogP contribution in [-0.2, 0) is 0 Å². The van der Waals surface area contributed by atoms with Gasteiger partial charge in [-0.1, -0.05) is 25.4 Å². The highest BCUT2D eigenvalue weighted by Crippen LogP contribution is 2.18. The summed E-state index contributed by atoms with van der Waals surface area (Å²) < 4.78 is 0. The molecule has 1 aromatic rings. The minimum atomic E-state index is 0. The van der Waals surface area contributed by atoms with Crippen molar-refractivity contribution in [2.24, 2.45) is 5.92 Å². The second-order valence-corrected chi connectivity index (χ2v) is 6.68. The van der Waals surface area contributed by atoms with Gasteiger partial charge in [0.2, 0.25) is 0 Å². The number of carbonyl (C=O) groups is 1. The topological polar surface area (TPSA) is 23.6 Å². The molecule has 0 aromatic heterocycles. The second kappa shape index (κ2) is 8.76. The molecule has 1 fully saturated rings. The van der Waals surface area contributed by atoms with Crippen molar-refractivity contribution in [1.82, 2.24) is 9.80 Å². The van der Waals surface area contributed by atoms with E-state index in [1.807, 2.05) is 11.9 Å². The van der Waals surface area contributed by atoms with Crippen LogP contribution in [-0.4, -0.2) is 48.4 Å². The van der Waals surface area contributed by atoms with E-state index in [0.29, 0.717) is 16.5 Å². The zero-order valence-electron chi connectivity index (χ0n) is 13.6. The van der Waals surface area contributed by atoms with Crippen molar-refractivity contribution in [3.63, 3.8) is 0 Å². The number of nitrogens with zero attached hydrogens (tertiary/aromatic N) is 2. The molecule has 1 amide bonds. The molecular weight excluding hydrogens is 319 g/mol. The van der Waals surface area contributed by atoms with E-state index >= 15 is 0 Å². The molecule has 0 unspecified atom stereocenters. The zero-order chi connectivity index (χ0) is 15.4. The summed E-state index contributed by atoms with van der Waals surface area (Å²) in [6, 6.07) is 7.38. The summed E-state index contributed by atoms with van der Waals surface area (Å²) in [5, 5.41) is 0.659. The number of carbonyl (C=O) groups excluding carboxylic acids is 1. The fourth-order valence-corrected chi connectivity index (χ4v) is 3.08. The molecule has 1 heterocycles. The highest BCUT2D eigenvalue weighted by atomic mass is 35.5. The average molecular weight is 345 g/mol. The van der Waals surface area contributed by atoms with Gasteiger partial charge in [-0.2, -0.15) is 0 Å². The molecule has 1 saturated heterocycles. The van der Waals surface area contributed by atoms with Crippen molar-refractivity contribution in [2.45, 2.75) is 32.7 Å². The van der Waals surface area contributed by atoms with Gasteiger partial charge in [0.05, 0.1) is 0 Å². The van der Waals surface area contributed by atoms with Gasteiger partial charge in [-0.15, -0.1) is 12.4 Å². The number of rotatable bonds is 5. The van der Waals surface area contributed by atoms with Crippen LogP contribution in [0.5, 0.6) is 0 Å². The van der Waals surface area contributed by atoms with Crippen molar-refractivity contribution < 1.29 is 4.79 Å². The van der Waals surface area contributed by atoms with E-state index in [9.17, 15) is 4.79 Å². The number of hydrogen-bond donors (Lipinski definition) is 0. The van der Waals surface area contributed by atoms with E-state index in [0.717, 1.165) is 19.6 Å². The number of benzene rings is 1. The van der Waals surface area contributed by atoms with Gasteiger partial charge in [-0.25, -0.2) is 0 Å². The van der Waals surface area contributed by atoms with Crippen molar-refractivity contribution in [2.75, 3.05) is 26.7 Å². The van der Waals surface area contributed by atoms with Crippen LogP contribution in [0.2, 0.25) is 5.02 Å². The van der Waals surface area contributed by atoms with Gasteiger partial charge in [0.25, 0.3) is 5.91 Å². The summed E-state index contributed by atoms with van der Waals surface area (Å²) in [5.74, 6) is 0.511. The lowest BCUT2D eigenvalue weighted by Gasteiger charge is -2.34. The lowest BCUT2D eigenvalue weighted by Crippen LogP contribution is -2.47. The van der Waals surface area contributed by atoms with Crippen LogP contribution in [0.4, 0.5) is 0 Å². The van der Waals surface area contributed by atoms with Gasteiger partial charge in [0, 0.05) is 30.2 Å². The van der Waals surface area contributed by atoms with Crippen molar-refractivity contribution in [3.05, 3.63) is 34.9 Å². The lowest BCUT2D eigenvalue weighted by atomic mass is 10.0. The smallest absolute Gasteiger partial charge is 0.253 e. The van der Waals surface area contributed by atoms with Gasteiger partial charge in [-0.05, 0) is 56.1 Å². The first-order chi connectivity index (χ1) is 9.99. The van der Waals surface area contributed by atoms with Gasteiger partial charge >= 0.3 is 0 Å². The van der Waals surface area contributed by atoms with Crippen LogP contribution < -0.4 is 0 Å². The summed E-state index contributed by atoms with van der Waals surface area (Å²) in [5.41, 5.74) is 0.703. The minimum Gasteiger partial charge on any atom is -0.337 e. The van der Waals surface area contributed by atoms with E-state index in [1.54, 1.807) is 24.3 Å². The van der Waals surface area contributed by atoms with E-state index in [-0.39, 0.29) is 24.4 Å². The molecule has 2 rings (SSSR count). The Balaban J connectivity index is 0.00000242. The maximum absolute atomic E-state index is 12.6. The number of amides is 1. The molecule has 22 heavy (non-hydrogen) atoms. The third kappa shape index (κ3) is 4.87. The predicted molar refractivity (Wildman–Crippen MR) is 95.1 cm³/mol.